The van der Waals surface area contributed by atoms with Gasteiger partial charge in [-0.25, -0.2) is 14.8 Å². The quantitative estimate of drug-likeness (QED) is 0.467. The molecular weight excluding hydrogens is 454 g/mol. The van der Waals surface area contributed by atoms with E-state index >= 15 is 0 Å². The van der Waals surface area contributed by atoms with Crippen LogP contribution in [0.3, 0.4) is 0 Å². The first-order chi connectivity index (χ1) is 17.4. The Labute approximate surface area is 211 Å². The molecule has 0 radical (unpaired) electrons. The SMILES string of the molecule is CCOC(=O)[C@H](Cc1ccc(-n2c([C@@H]3CCCCN3)nc3cccnc32)cc1)NC1=CC(=O)C1(C)C. The van der Waals surface area contributed by atoms with Crippen molar-refractivity contribution >= 4 is 22.9 Å². The van der Waals surface area contributed by atoms with Crippen LogP contribution in [0.25, 0.3) is 16.9 Å². The van der Waals surface area contributed by atoms with Crippen LogP contribution in [-0.2, 0) is 20.7 Å². The van der Waals surface area contributed by atoms with Crippen molar-refractivity contribution in [3.8, 4) is 5.69 Å². The molecule has 2 aromatic heterocycles. The van der Waals surface area contributed by atoms with Crippen LogP contribution < -0.4 is 10.6 Å². The number of pyridine rings is 1. The number of hydrogen-bond acceptors (Lipinski definition) is 7. The number of ether oxygens (including phenoxy) is 1. The van der Waals surface area contributed by atoms with Crippen molar-refractivity contribution in [1.82, 2.24) is 25.2 Å². The third kappa shape index (κ3) is 4.53. The van der Waals surface area contributed by atoms with Crippen LogP contribution in [0.15, 0.2) is 54.4 Å². The average Bonchev–Trinajstić information content (AvgIpc) is 3.28. The lowest BCUT2D eigenvalue weighted by Gasteiger charge is -2.36. The number of nitrogens with zero attached hydrogens (tertiary/aromatic N) is 3. The first-order valence-electron chi connectivity index (χ1n) is 12.7. The van der Waals surface area contributed by atoms with E-state index in [9.17, 15) is 9.59 Å². The van der Waals surface area contributed by atoms with Crippen molar-refractivity contribution in [3.05, 3.63) is 65.8 Å². The summed E-state index contributed by atoms with van der Waals surface area (Å²) in [4.78, 5) is 34.2. The van der Waals surface area contributed by atoms with Gasteiger partial charge in [0.1, 0.15) is 17.4 Å². The highest BCUT2D eigenvalue weighted by atomic mass is 16.5. The minimum atomic E-state index is -0.604. The number of rotatable bonds is 8. The molecule has 5 rings (SSSR count). The minimum Gasteiger partial charge on any atom is -0.464 e. The molecule has 3 heterocycles. The van der Waals surface area contributed by atoms with E-state index in [-0.39, 0.29) is 17.8 Å². The zero-order chi connectivity index (χ0) is 25.3. The molecule has 1 fully saturated rings. The summed E-state index contributed by atoms with van der Waals surface area (Å²) in [5.41, 5.74) is 3.85. The fourth-order valence-electron chi connectivity index (χ4n) is 4.90. The molecule has 0 bridgehead atoms. The van der Waals surface area contributed by atoms with E-state index in [4.69, 9.17) is 9.72 Å². The van der Waals surface area contributed by atoms with Gasteiger partial charge in [-0.2, -0.15) is 0 Å². The topological polar surface area (TPSA) is 98.1 Å². The molecule has 0 saturated carbocycles. The molecule has 1 saturated heterocycles. The summed E-state index contributed by atoms with van der Waals surface area (Å²) < 4.78 is 7.45. The van der Waals surface area contributed by atoms with Crippen LogP contribution in [0.5, 0.6) is 0 Å². The van der Waals surface area contributed by atoms with Gasteiger partial charge in [-0.15, -0.1) is 0 Å². The van der Waals surface area contributed by atoms with Crippen LogP contribution in [-0.4, -0.2) is 45.5 Å². The molecule has 3 aromatic rings. The summed E-state index contributed by atoms with van der Waals surface area (Å²) >= 11 is 0. The van der Waals surface area contributed by atoms with Crippen molar-refractivity contribution < 1.29 is 14.3 Å². The number of carbonyl (C=O) groups is 2. The molecule has 1 aromatic carbocycles. The first kappa shape index (κ1) is 24.2. The minimum absolute atomic E-state index is 0.0568. The van der Waals surface area contributed by atoms with Crippen molar-refractivity contribution in [3.63, 3.8) is 0 Å². The van der Waals surface area contributed by atoms with Gasteiger partial charge < -0.3 is 15.4 Å². The van der Waals surface area contributed by atoms with Crippen molar-refractivity contribution in [2.45, 2.75) is 58.5 Å². The number of benzene rings is 1. The molecule has 0 unspecified atom stereocenters. The molecule has 188 valence electrons. The Kier molecular flexibility index (Phi) is 6.62. The van der Waals surface area contributed by atoms with E-state index in [0.29, 0.717) is 13.0 Å². The van der Waals surface area contributed by atoms with Crippen molar-refractivity contribution in [2.75, 3.05) is 13.2 Å². The molecule has 1 aliphatic heterocycles. The summed E-state index contributed by atoms with van der Waals surface area (Å²) in [6.07, 6.45) is 7.21. The highest BCUT2D eigenvalue weighted by molar-refractivity contribution is 6.04. The number of hydrogen-bond donors (Lipinski definition) is 2. The number of piperidine rings is 1. The van der Waals surface area contributed by atoms with Gasteiger partial charge in [0, 0.05) is 30.1 Å². The number of nitrogens with one attached hydrogen (secondary N) is 2. The van der Waals surface area contributed by atoms with E-state index in [1.54, 1.807) is 19.2 Å². The van der Waals surface area contributed by atoms with Crippen molar-refractivity contribution in [1.29, 1.82) is 0 Å². The van der Waals surface area contributed by atoms with Crippen LogP contribution in [0.1, 0.15) is 57.5 Å². The molecule has 0 amide bonds. The highest BCUT2D eigenvalue weighted by Gasteiger charge is 2.41. The molecule has 1 aliphatic carbocycles. The molecule has 2 N–H and O–H groups in total. The number of aromatic nitrogens is 3. The third-order valence-electron chi connectivity index (χ3n) is 7.16. The smallest absolute Gasteiger partial charge is 0.328 e. The van der Waals surface area contributed by atoms with Gasteiger partial charge in [-0.1, -0.05) is 18.6 Å². The predicted molar refractivity (Wildman–Crippen MR) is 138 cm³/mol. The van der Waals surface area contributed by atoms with E-state index in [1.165, 1.54) is 12.8 Å². The maximum Gasteiger partial charge on any atom is 0.328 e. The first-order valence-corrected chi connectivity index (χ1v) is 12.7. The maximum absolute atomic E-state index is 12.7. The zero-order valence-corrected chi connectivity index (χ0v) is 21.1. The molecule has 2 atom stereocenters. The largest absolute Gasteiger partial charge is 0.464 e. The van der Waals surface area contributed by atoms with Crippen molar-refractivity contribution in [2.24, 2.45) is 5.41 Å². The van der Waals surface area contributed by atoms with Crippen LogP contribution in [0.4, 0.5) is 0 Å². The summed E-state index contributed by atoms with van der Waals surface area (Å²) in [5, 5.41) is 6.87. The Morgan fingerprint density at radius 2 is 2.06 bits per heavy atom. The number of imidazole rings is 1. The second-order valence-electron chi connectivity index (χ2n) is 10.0. The standard InChI is InChI=1S/C28H33N5O3/c1-4-36-27(35)22(31-23-17-24(34)28(23,2)3)16-18-10-12-19(13-11-18)33-25-21(9-7-15-30-25)32-26(33)20-8-5-6-14-29-20/h7,9-13,15,17,20,22,29,31H,4-6,8,14,16H2,1-3H3/t20-,22-/m0/s1. The summed E-state index contributed by atoms with van der Waals surface area (Å²) in [5.74, 6) is 0.709. The average molecular weight is 488 g/mol. The van der Waals surface area contributed by atoms with Crippen LogP contribution in [0, 0.1) is 5.41 Å². The number of allylic oxidation sites excluding steroid dienone is 2. The zero-order valence-electron chi connectivity index (χ0n) is 21.1. The van der Waals surface area contributed by atoms with E-state index < -0.39 is 11.5 Å². The Morgan fingerprint density at radius 3 is 2.72 bits per heavy atom. The van der Waals surface area contributed by atoms with Gasteiger partial charge in [-0.3, -0.25) is 9.36 Å². The lowest BCUT2D eigenvalue weighted by molar-refractivity contribution is -0.145. The van der Waals surface area contributed by atoms with Crippen LogP contribution >= 0.6 is 0 Å². The monoisotopic (exact) mass is 487 g/mol. The van der Waals surface area contributed by atoms with E-state index in [2.05, 4.69) is 32.3 Å². The van der Waals surface area contributed by atoms with Gasteiger partial charge in [-0.05, 0) is 70.0 Å². The van der Waals surface area contributed by atoms with Gasteiger partial charge in [0.15, 0.2) is 11.4 Å². The van der Waals surface area contributed by atoms with E-state index in [0.717, 1.165) is 46.9 Å². The fourth-order valence-corrected chi connectivity index (χ4v) is 4.90. The lowest BCUT2D eigenvalue weighted by atomic mass is 9.74. The molecule has 0 spiro atoms. The number of ketones is 1. The van der Waals surface area contributed by atoms with Gasteiger partial charge >= 0.3 is 5.97 Å². The Morgan fingerprint density at radius 1 is 1.25 bits per heavy atom. The van der Waals surface area contributed by atoms with E-state index in [1.807, 2.05) is 38.1 Å². The highest BCUT2D eigenvalue weighted by Crippen LogP contribution is 2.35. The van der Waals surface area contributed by atoms with Gasteiger partial charge in [0.2, 0.25) is 0 Å². The van der Waals surface area contributed by atoms with Gasteiger partial charge in [0.05, 0.1) is 18.1 Å². The van der Waals surface area contributed by atoms with Gasteiger partial charge in [0.25, 0.3) is 0 Å². The molecular formula is C28H33N5O3. The number of esters is 1. The Balaban J connectivity index is 1.42. The number of carbonyl (C=O) groups excluding carboxylic acids is 2. The Bertz CT molecular complexity index is 1300. The normalized spacial score (nSPS) is 19.9. The molecule has 36 heavy (non-hydrogen) atoms. The second-order valence-corrected chi connectivity index (χ2v) is 10.0. The predicted octanol–water partition coefficient (Wildman–Crippen LogP) is 3.79. The second kappa shape index (κ2) is 9.85. The molecule has 8 nitrogen and oxygen atoms in total. The van der Waals surface area contributed by atoms with Crippen LogP contribution in [0.2, 0.25) is 0 Å². The molecule has 8 heteroatoms. The third-order valence-corrected chi connectivity index (χ3v) is 7.16. The number of fused-ring (bicyclic) bond motifs is 1. The lowest BCUT2D eigenvalue weighted by Crippen LogP contribution is -2.48. The fraction of sp³-hybridized carbons (Fsp3) is 0.429. The maximum atomic E-state index is 12.7. The summed E-state index contributed by atoms with van der Waals surface area (Å²) in [7, 11) is 0. The molecule has 2 aliphatic rings. The Hall–Kier alpha value is -3.52. The summed E-state index contributed by atoms with van der Waals surface area (Å²) in [6, 6.07) is 11.7. The summed E-state index contributed by atoms with van der Waals surface area (Å²) in [6.45, 7) is 6.80.